The molecule has 1 fully saturated rings. The van der Waals surface area contributed by atoms with Gasteiger partial charge in [-0.2, -0.15) is 5.10 Å². The molecule has 33 heavy (non-hydrogen) atoms. The zero-order valence-corrected chi connectivity index (χ0v) is 18.9. The second kappa shape index (κ2) is 9.15. The number of carbonyl (C=O) groups excluding carboxylic acids is 1. The van der Waals surface area contributed by atoms with Crippen LogP contribution in [0.3, 0.4) is 0 Å². The fourth-order valence-corrected chi connectivity index (χ4v) is 4.39. The highest BCUT2D eigenvalue weighted by atomic mass is 16.3. The van der Waals surface area contributed by atoms with Gasteiger partial charge in [0.2, 0.25) is 0 Å². The van der Waals surface area contributed by atoms with Crippen molar-refractivity contribution >= 4 is 16.9 Å². The smallest absolute Gasteiger partial charge is 0.252 e. The molecular formula is C25H28N6O2. The number of rotatable bonds is 6. The highest BCUT2D eigenvalue weighted by Crippen LogP contribution is 2.25. The number of nitrogens with one attached hydrogen (secondary N) is 1. The number of nitrogens with zero attached hydrogens (tertiary/aromatic N) is 5. The van der Waals surface area contributed by atoms with E-state index in [4.69, 9.17) is 9.40 Å². The number of piperidine rings is 1. The molecule has 0 bridgehead atoms. The summed E-state index contributed by atoms with van der Waals surface area (Å²) in [6, 6.07) is 10.1. The molecule has 0 unspecified atom stereocenters. The van der Waals surface area contributed by atoms with Crippen LogP contribution < -0.4 is 5.32 Å². The number of fused-ring (bicyclic) bond motifs is 1. The van der Waals surface area contributed by atoms with E-state index in [0.717, 1.165) is 42.6 Å². The highest BCUT2D eigenvalue weighted by Gasteiger charge is 2.24. The molecule has 1 saturated heterocycles. The SMILES string of the molecule is CC(C)N1CCC(NC(=O)c2cc(-c3cccnc3)nc3c2cnn3Cc2ccco2)CC1. The van der Waals surface area contributed by atoms with Gasteiger partial charge in [0.1, 0.15) is 12.3 Å². The van der Waals surface area contributed by atoms with Gasteiger partial charge < -0.3 is 14.6 Å². The first-order valence-electron chi connectivity index (χ1n) is 11.4. The molecule has 0 saturated carbocycles. The van der Waals surface area contributed by atoms with Crippen LogP contribution >= 0.6 is 0 Å². The van der Waals surface area contributed by atoms with Crippen LogP contribution in [0.5, 0.6) is 0 Å². The highest BCUT2D eigenvalue weighted by molar-refractivity contribution is 6.06. The second-order valence-electron chi connectivity index (χ2n) is 8.79. The average molecular weight is 445 g/mol. The van der Waals surface area contributed by atoms with Crippen molar-refractivity contribution in [3.8, 4) is 11.3 Å². The Kier molecular flexibility index (Phi) is 5.92. The third kappa shape index (κ3) is 4.52. The normalized spacial score (nSPS) is 15.4. The average Bonchev–Trinajstić information content (AvgIpc) is 3.50. The Balaban J connectivity index is 1.48. The third-order valence-corrected chi connectivity index (χ3v) is 6.29. The van der Waals surface area contributed by atoms with E-state index in [0.29, 0.717) is 29.5 Å². The van der Waals surface area contributed by atoms with E-state index in [2.05, 4.69) is 34.1 Å². The Morgan fingerprint density at radius 2 is 2.06 bits per heavy atom. The number of amides is 1. The zero-order chi connectivity index (χ0) is 22.8. The maximum Gasteiger partial charge on any atom is 0.252 e. The van der Waals surface area contributed by atoms with Crippen LogP contribution in [0.25, 0.3) is 22.3 Å². The Morgan fingerprint density at radius 3 is 2.76 bits per heavy atom. The van der Waals surface area contributed by atoms with Gasteiger partial charge in [0.15, 0.2) is 5.65 Å². The summed E-state index contributed by atoms with van der Waals surface area (Å²) >= 11 is 0. The maximum absolute atomic E-state index is 13.4. The Hall–Kier alpha value is -3.52. The molecule has 1 aliphatic rings. The molecule has 170 valence electrons. The van der Waals surface area contributed by atoms with Gasteiger partial charge in [-0.25, -0.2) is 9.67 Å². The lowest BCUT2D eigenvalue weighted by molar-refractivity contribution is 0.0902. The molecule has 0 aliphatic carbocycles. The van der Waals surface area contributed by atoms with Gasteiger partial charge in [0.05, 0.1) is 29.1 Å². The Morgan fingerprint density at radius 1 is 1.21 bits per heavy atom. The quantitative estimate of drug-likeness (QED) is 0.487. The summed E-state index contributed by atoms with van der Waals surface area (Å²) in [5.41, 5.74) is 2.77. The lowest BCUT2D eigenvalue weighted by Crippen LogP contribution is -2.46. The van der Waals surface area contributed by atoms with Gasteiger partial charge in [-0.3, -0.25) is 9.78 Å². The minimum absolute atomic E-state index is 0.0897. The van der Waals surface area contributed by atoms with Crippen molar-refractivity contribution in [3.63, 3.8) is 0 Å². The van der Waals surface area contributed by atoms with Crippen molar-refractivity contribution in [1.82, 2.24) is 30.0 Å². The monoisotopic (exact) mass is 444 g/mol. The van der Waals surface area contributed by atoms with Crippen LogP contribution in [0.4, 0.5) is 0 Å². The number of aromatic nitrogens is 4. The summed E-state index contributed by atoms with van der Waals surface area (Å²) in [6.45, 7) is 6.86. The first-order valence-corrected chi connectivity index (χ1v) is 11.4. The van der Waals surface area contributed by atoms with Crippen molar-refractivity contribution < 1.29 is 9.21 Å². The molecule has 0 radical (unpaired) electrons. The first-order chi connectivity index (χ1) is 16.1. The van der Waals surface area contributed by atoms with E-state index < -0.39 is 0 Å². The topological polar surface area (TPSA) is 89.1 Å². The minimum Gasteiger partial charge on any atom is -0.467 e. The lowest BCUT2D eigenvalue weighted by atomic mass is 10.0. The fraction of sp³-hybridized carbons (Fsp3) is 0.360. The molecule has 5 heterocycles. The van der Waals surface area contributed by atoms with Crippen LogP contribution in [0, 0.1) is 0 Å². The molecule has 1 N–H and O–H groups in total. The van der Waals surface area contributed by atoms with Crippen molar-refractivity contribution in [2.45, 2.75) is 45.3 Å². The van der Waals surface area contributed by atoms with Crippen LogP contribution in [0.15, 0.2) is 59.6 Å². The lowest BCUT2D eigenvalue weighted by Gasteiger charge is -2.34. The molecule has 0 aromatic carbocycles. The van der Waals surface area contributed by atoms with E-state index in [1.807, 2.05) is 30.3 Å². The van der Waals surface area contributed by atoms with Crippen molar-refractivity contribution in [2.75, 3.05) is 13.1 Å². The number of furan rings is 1. The van der Waals surface area contributed by atoms with E-state index in [-0.39, 0.29) is 11.9 Å². The third-order valence-electron chi connectivity index (χ3n) is 6.29. The predicted octanol–water partition coefficient (Wildman–Crippen LogP) is 3.74. The van der Waals surface area contributed by atoms with E-state index in [9.17, 15) is 4.79 Å². The molecule has 4 aromatic rings. The summed E-state index contributed by atoms with van der Waals surface area (Å²) in [6.07, 6.45) is 8.73. The van der Waals surface area contributed by atoms with Crippen molar-refractivity contribution in [2.24, 2.45) is 0 Å². The van der Waals surface area contributed by atoms with E-state index in [1.54, 1.807) is 29.5 Å². The van der Waals surface area contributed by atoms with Gasteiger partial charge in [0, 0.05) is 43.1 Å². The standard InChI is InChI=1S/C25H28N6O2/c1-17(2)30-10-7-19(8-11-30)28-25(32)21-13-23(18-5-3-9-26-14-18)29-24-22(21)15-27-31(24)16-20-6-4-12-33-20/h3-6,9,12-15,17,19H,7-8,10-11,16H2,1-2H3,(H,28,32). The van der Waals surface area contributed by atoms with E-state index >= 15 is 0 Å². The molecule has 1 aliphatic heterocycles. The fourth-order valence-electron chi connectivity index (χ4n) is 4.39. The number of hydrogen-bond acceptors (Lipinski definition) is 6. The van der Waals surface area contributed by atoms with Crippen LogP contribution in [0.1, 0.15) is 42.8 Å². The first kappa shape index (κ1) is 21.3. The molecule has 8 heteroatoms. The van der Waals surface area contributed by atoms with Crippen LogP contribution in [-0.2, 0) is 6.54 Å². The second-order valence-corrected chi connectivity index (χ2v) is 8.79. The molecule has 4 aromatic heterocycles. The van der Waals surface area contributed by atoms with Gasteiger partial charge in [-0.1, -0.05) is 0 Å². The zero-order valence-electron chi connectivity index (χ0n) is 18.9. The molecule has 5 rings (SSSR count). The largest absolute Gasteiger partial charge is 0.467 e. The summed E-state index contributed by atoms with van der Waals surface area (Å²) in [7, 11) is 0. The Bertz CT molecular complexity index is 1220. The molecule has 0 atom stereocenters. The van der Waals surface area contributed by atoms with Gasteiger partial charge in [-0.15, -0.1) is 0 Å². The van der Waals surface area contributed by atoms with Gasteiger partial charge >= 0.3 is 0 Å². The summed E-state index contributed by atoms with van der Waals surface area (Å²) in [5.74, 6) is 0.685. The minimum atomic E-state index is -0.0897. The number of carbonyl (C=O) groups is 1. The van der Waals surface area contributed by atoms with Crippen molar-refractivity contribution in [3.05, 3.63) is 66.5 Å². The summed E-state index contributed by atoms with van der Waals surface area (Å²) in [4.78, 5) is 24.9. The molecular weight excluding hydrogens is 416 g/mol. The van der Waals surface area contributed by atoms with Crippen LogP contribution in [0.2, 0.25) is 0 Å². The molecule has 1 amide bonds. The van der Waals surface area contributed by atoms with Gasteiger partial charge in [0.25, 0.3) is 5.91 Å². The van der Waals surface area contributed by atoms with E-state index in [1.165, 1.54) is 0 Å². The predicted molar refractivity (Wildman–Crippen MR) is 126 cm³/mol. The van der Waals surface area contributed by atoms with Crippen LogP contribution in [-0.4, -0.2) is 55.7 Å². The van der Waals surface area contributed by atoms with Gasteiger partial charge in [-0.05, 0) is 57.0 Å². The number of pyridine rings is 2. The summed E-state index contributed by atoms with van der Waals surface area (Å²) in [5, 5.41) is 8.50. The maximum atomic E-state index is 13.4. The number of hydrogen-bond donors (Lipinski definition) is 1. The number of likely N-dealkylation sites (tertiary alicyclic amines) is 1. The molecule has 8 nitrogen and oxygen atoms in total. The summed E-state index contributed by atoms with van der Waals surface area (Å²) < 4.78 is 7.26. The van der Waals surface area contributed by atoms with Crippen molar-refractivity contribution in [1.29, 1.82) is 0 Å². The Labute approximate surface area is 192 Å². The molecule has 0 spiro atoms.